The quantitative estimate of drug-likeness (QED) is 0.617. The summed E-state index contributed by atoms with van der Waals surface area (Å²) in [6.45, 7) is 5.38. The molecule has 0 radical (unpaired) electrons. The molecule has 2 aromatic carbocycles. The minimum Gasteiger partial charge on any atom is -0.326 e. The van der Waals surface area contributed by atoms with Crippen LogP contribution in [-0.4, -0.2) is 18.1 Å². The standard InChI is InChI=1S/C19H20N2O2S/c1-4-18(22)20-15-8-6-14(7-9-15)11-19(23)21-17-12-16(24-3)10-5-13(17)2/h4-10,12H,1,11H2,2-3H3,(H,20,22)(H,21,23). The van der Waals surface area contributed by atoms with E-state index in [-0.39, 0.29) is 18.2 Å². The summed E-state index contributed by atoms with van der Waals surface area (Å²) in [7, 11) is 0. The van der Waals surface area contributed by atoms with Gasteiger partial charge >= 0.3 is 0 Å². The molecule has 0 aromatic heterocycles. The van der Waals surface area contributed by atoms with Crippen LogP contribution in [0.15, 0.2) is 60.0 Å². The van der Waals surface area contributed by atoms with Crippen LogP contribution in [0.3, 0.4) is 0 Å². The van der Waals surface area contributed by atoms with Gasteiger partial charge in [-0.3, -0.25) is 9.59 Å². The van der Waals surface area contributed by atoms with Crippen LogP contribution in [0.1, 0.15) is 11.1 Å². The summed E-state index contributed by atoms with van der Waals surface area (Å²) in [5.41, 5.74) is 3.42. The smallest absolute Gasteiger partial charge is 0.247 e. The Morgan fingerprint density at radius 1 is 1.12 bits per heavy atom. The molecule has 0 aliphatic heterocycles. The lowest BCUT2D eigenvalue weighted by Gasteiger charge is -2.10. The summed E-state index contributed by atoms with van der Waals surface area (Å²) in [6, 6.07) is 13.2. The molecule has 2 amide bonds. The average molecular weight is 340 g/mol. The van der Waals surface area contributed by atoms with Crippen LogP contribution in [-0.2, 0) is 16.0 Å². The number of hydrogen-bond donors (Lipinski definition) is 2. The van der Waals surface area contributed by atoms with Crippen LogP contribution in [0.4, 0.5) is 11.4 Å². The molecule has 2 aromatic rings. The first kappa shape index (κ1) is 17.8. The van der Waals surface area contributed by atoms with Gasteiger partial charge in [0.05, 0.1) is 6.42 Å². The van der Waals surface area contributed by atoms with Gasteiger partial charge in [-0.15, -0.1) is 11.8 Å². The van der Waals surface area contributed by atoms with Crippen molar-refractivity contribution in [3.05, 3.63) is 66.2 Å². The van der Waals surface area contributed by atoms with Crippen LogP contribution in [0.5, 0.6) is 0 Å². The molecule has 4 nitrogen and oxygen atoms in total. The summed E-state index contributed by atoms with van der Waals surface area (Å²) >= 11 is 1.64. The highest BCUT2D eigenvalue weighted by molar-refractivity contribution is 7.98. The van der Waals surface area contributed by atoms with Gasteiger partial charge in [-0.05, 0) is 54.6 Å². The Hall–Kier alpha value is -2.53. The number of thioether (sulfide) groups is 1. The van der Waals surface area contributed by atoms with Gasteiger partial charge in [0.1, 0.15) is 0 Å². The molecule has 0 bridgehead atoms. The van der Waals surface area contributed by atoms with E-state index in [9.17, 15) is 9.59 Å². The molecular formula is C19H20N2O2S. The van der Waals surface area contributed by atoms with E-state index < -0.39 is 0 Å². The molecule has 0 aliphatic carbocycles. The number of hydrogen-bond acceptors (Lipinski definition) is 3. The number of carbonyl (C=O) groups is 2. The second-order valence-electron chi connectivity index (χ2n) is 5.30. The van der Waals surface area contributed by atoms with Crippen molar-refractivity contribution in [1.29, 1.82) is 0 Å². The Labute approximate surface area is 146 Å². The van der Waals surface area contributed by atoms with Gasteiger partial charge in [-0.1, -0.05) is 24.8 Å². The number of rotatable bonds is 6. The Bertz CT molecular complexity index is 754. The first-order chi connectivity index (χ1) is 11.5. The van der Waals surface area contributed by atoms with E-state index in [1.165, 1.54) is 6.08 Å². The van der Waals surface area contributed by atoms with Crippen molar-refractivity contribution >= 4 is 35.0 Å². The molecule has 124 valence electrons. The van der Waals surface area contributed by atoms with Crippen molar-refractivity contribution in [2.45, 2.75) is 18.2 Å². The summed E-state index contributed by atoms with van der Waals surface area (Å²) in [6.07, 6.45) is 3.49. The van der Waals surface area contributed by atoms with Crippen molar-refractivity contribution in [3.63, 3.8) is 0 Å². The SMILES string of the molecule is C=CC(=O)Nc1ccc(CC(=O)Nc2cc(SC)ccc2C)cc1. The van der Waals surface area contributed by atoms with Gasteiger partial charge in [0.15, 0.2) is 0 Å². The Morgan fingerprint density at radius 2 is 1.83 bits per heavy atom. The van der Waals surface area contributed by atoms with Gasteiger partial charge in [-0.2, -0.15) is 0 Å². The number of aryl methyl sites for hydroxylation is 1. The fourth-order valence-electron chi connectivity index (χ4n) is 2.14. The first-order valence-electron chi connectivity index (χ1n) is 7.48. The highest BCUT2D eigenvalue weighted by Gasteiger charge is 2.07. The second-order valence-corrected chi connectivity index (χ2v) is 6.18. The molecule has 0 saturated carbocycles. The van der Waals surface area contributed by atoms with E-state index in [1.54, 1.807) is 23.9 Å². The first-order valence-corrected chi connectivity index (χ1v) is 8.71. The normalized spacial score (nSPS) is 10.1. The van der Waals surface area contributed by atoms with Gasteiger partial charge in [0, 0.05) is 16.3 Å². The van der Waals surface area contributed by atoms with Crippen molar-refractivity contribution in [2.24, 2.45) is 0 Å². The predicted molar refractivity (Wildman–Crippen MR) is 101 cm³/mol. The Kier molecular flexibility index (Phi) is 6.21. The number of anilines is 2. The number of carbonyl (C=O) groups excluding carboxylic acids is 2. The van der Waals surface area contributed by atoms with E-state index >= 15 is 0 Å². The number of benzene rings is 2. The van der Waals surface area contributed by atoms with E-state index in [2.05, 4.69) is 17.2 Å². The maximum atomic E-state index is 12.2. The summed E-state index contributed by atoms with van der Waals surface area (Å²) in [5.74, 6) is -0.330. The van der Waals surface area contributed by atoms with Gasteiger partial charge < -0.3 is 10.6 Å². The lowest BCUT2D eigenvalue weighted by Crippen LogP contribution is -2.15. The van der Waals surface area contributed by atoms with Crippen LogP contribution in [0.25, 0.3) is 0 Å². The molecule has 0 spiro atoms. The third-order valence-electron chi connectivity index (χ3n) is 3.49. The third kappa shape index (κ3) is 4.99. The minimum absolute atomic E-state index is 0.0702. The fourth-order valence-corrected chi connectivity index (χ4v) is 2.58. The summed E-state index contributed by atoms with van der Waals surface area (Å²) in [5, 5.41) is 5.63. The zero-order valence-corrected chi connectivity index (χ0v) is 14.6. The van der Waals surface area contributed by atoms with E-state index in [0.717, 1.165) is 21.7 Å². The van der Waals surface area contributed by atoms with Gasteiger partial charge in [-0.25, -0.2) is 0 Å². The lowest BCUT2D eigenvalue weighted by atomic mass is 10.1. The number of nitrogens with one attached hydrogen (secondary N) is 2. The molecule has 24 heavy (non-hydrogen) atoms. The molecule has 0 aliphatic rings. The molecule has 5 heteroatoms. The third-order valence-corrected chi connectivity index (χ3v) is 4.22. The topological polar surface area (TPSA) is 58.2 Å². The zero-order chi connectivity index (χ0) is 17.5. The van der Waals surface area contributed by atoms with Crippen LogP contribution in [0, 0.1) is 6.92 Å². The highest BCUT2D eigenvalue weighted by Crippen LogP contribution is 2.23. The lowest BCUT2D eigenvalue weighted by molar-refractivity contribution is -0.115. The summed E-state index contributed by atoms with van der Waals surface area (Å²) in [4.78, 5) is 24.6. The molecular weight excluding hydrogens is 320 g/mol. The average Bonchev–Trinajstić information content (AvgIpc) is 2.58. The van der Waals surface area contributed by atoms with Crippen molar-refractivity contribution in [3.8, 4) is 0 Å². The molecule has 2 N–H and O–H groups in total. The molecule has 0 atom stereocenters. The Balaban J connectivity index is 1.99. The van der Waals surface area contributed by atoms with Crippen LogP contribution in [0.2, 0.25) is 0 Å². The molecule has 0 fully saturated rings. The summed E-state index contributed by atoms with van der Waals surface area (Å²) < 4.78 is 0. The van der Waals surface area contributed by atoms with Crippen molar-refractivity contribution in [2.75, 3.05) is 16.9 Å². The molecule has 0 heterocycles. The fraction of sp³-hybridized carbons (Fsp3) is 0.158. The van der Waals surface area contributed by atoms with Crippen LogP contribution >= 0.6 is 11.8 Å². The zero-order valence-electron chi connectivity index (χ0n) is 13.8. The van der Waals surface area contributed by atoms with E-state index in [1.807, 2.05) is 43.5 Å². The van der Waals surface area contributed by atoms with Crippen LogP contribution < -0.4 is 10.6 Å². The second kappa shape index (κ2) is 8.36. The maximum Gasteiger partial charge on any atom is 0.247 e. The predicted octanol–water partition coefficient (Wildman–Crippen LogP) is 4.02. The Morgan fingerprint density at radius 3 is 2.46 bits per heavy atom. The largest absolute Gasteiger partial charge is 0.326 e. The van der Waals surface area contributed by atoms with Gasteiger partial charge in [0.2, 0.25) is 11.8 Å². The van der Waals surface area contributed by atoms with Gasteiger partial charge in [0.25, 0.3) is 0 Å². The minimum atomic E-state index is -0.260. The highest BCUT2D eigenvalue weighted by atomic mass is 32.2. The van der Waals surface area contributed by atoms with E-state index in [0.29, 0.717) is 5.69 Å². The molecule has 2 rings (SSSR count). The number of amides is 2. The monoisotopic (exact) mass is 340 g/mol. The molecule has 0 saturated heterocycles. The van der Waals surface area contributed by atoms with Crippen molar-refractivity contribution in [1.82, 2.24) is 0 Å². The van der Waals surface area contributed by atoms with E-state index in [4.69, 9.17) is 0 Å². The molecule has 0 unspecified atom stereocenters. The van der Waals surface area contributed by atoms with Crippen molar-refractivity contribution < 1.29 is 9.59 Å². The maximum absolute atomic E-state index is 12.2.